The van der Waals surface area contributed by atoms with Gasteiger partial charge in [0.05, 0.1) is 11.3 Å². The summed E-state index contributed by atoms with van der Waals surface area (Å²) in [5, 5.41) is 3.18. The van der Waals surface area contributed by atoms with Gasteiger partial charge >= 0.3 is 0 Å². The molecule has 0 aromatic heterocycles. The van der Waals surface area contributed by atoms with Gasteiger partial charge < -0.3 is 14.8 Å². The van der Waals surface area contributed by atoms with Crippen LogP contribution in [0.1, 0.15) is 36.5 Å². The van der Waals surface area contributed by atoms with Crippen LogP contribution < -0.4 is 19.7 Å². The number of carbonyl (C=O) groups is 2. The molecule has 0 fully saturated rings. The Morgan fingerprint density at radius 1 is 0.848 bits per heavy atom. The lowest BCUT2D eigenvalue weighted by Gasteiger charge is -2.16. The van der Waals surface area contributed by atoms with E-state index in [2.05, 4.69) is 19.2 Å². The van der Waals surface area contributed by atoms with Gasteiger partial charge in [0, 0.05) is 11.8 Å². The van der Waals surface area contributed by atoms with Crippen LogP contribution in [0.5, 0.6) is 11.5 Å². The zero-order chi connectivity index (χ0) is 23.1. The van der Waals surface area contributed by atoms with E-state index in [-0.39, 0.29) is 18.4 Å². The minimum Gasteiger partial charge on any atom is -0.454 e. The Morgan fingerprint density at radius 3 is 2.24 bits per heavy atom. The summed E-state index contributed by atoms with van der Waals surface area (Å²) >= 11 is 0. The van der Waals surface area contributed by atoms with Crippen molar-refractivity contribution in [1.29, 1.82) is 0 Å². The molecule has 33 heavy (non-hydrogen) atoms. The first-order valence-corrected chi connectivity index (χ1v) is 10.9. The lowest BCUT2D eigenvalue weighted by molar-refractivity contribution is -0.120. The molecular weight excluding hydrogens is 416 g/mol. The molecule has 0 unspecified atom stereocenters. The number of nitrogens with one attached hydrogen (secondary N) is 1. The Balaban J connectivity index is 1.56. The second-order valence-corrected chi connectivity index (χ2v) is 8.50. The highest BCUT2D eigenvalue weighted by Gasteiger charge is 2.40. The van der Waals surface area contributed by atoms with Gasteiger partial charge in [-0.25, -0.2) is 4.90 Å². The highest BCUT2D eigenvalue weighted by molar-refractivity contribution is 6.46. The first-order chi connectivity index (χ1) is 15.9. The summed E-state index contributed by atoms with van der Waals surface area (Å²) in [7, 11) is 0. The summed E-state index contributed by atoms with van der Waals surface area (Å²) in [5.41, 5.74) is 4.65. The molecule has 0 spiro atoms. The quantitative estimate of drug-likeness (QED) is 0.550. The van der Waals surface area contributed by atoms with Crippen molar-refractivity contribution in [3.63, 3.8) is 0 Å². The van der Waals surface area contributed by atoms with Gasteiger partial charge in [-0.2, -0.15) is 0 Å². The molecule has 3 aromatic carbocycles. The number of amides is 2. The number of carbonyl (C=O) groups excluding carboxylic acids is 2. The van der Waals surface area contributed by atoms with Gasteiger partial charge in [0.2, 0.25) is 6.79 Å². The van der Waals surface area contributed by atoms with E-state index in [1.54, 1.807) is 18.2 Å². The van der Waals surface area contributed by atoms with Gasteiger partial charge in [0.1, 0.15) is 5.70 Å². The normalized spacial score (nSPS) is 15.1. The zero-order valence-electron chi connectivity index (χ0n) is 18.7. The van der Waals surface area contributed by atoms with Crippen LogP contribution in [0.3, 0.4) is 0 Å². The average Bonchev–Trinajstić information content (AvgIpc) is 3.37. The lowest BCUT2D eigenvalue weighted by atomic mass is 10.0. The minimum absolute atomic E-state index is 0.160. The predicted molar refractivity (Wildman–Crippen MR) is 127 cm³/mol. The van der Waals surface area contributed by atoms with Crippen molar-refractivity contribution in [2.75, 3.05) is 17.0 Å². The molecular formula is C27H24N2O4. The Morgan fingerprint density at radius 2 is 1.55 bits per heavy atom. The van der Waals surface area contributed by atoms with E-state index in [0.717, 1.165) is 11.1 Å². The maximum atomic E-state index is 13.6. The van der Waals surface area contributed by atoms with Crippen molar-refractivity contribution in [2.24, 2.45) is 0 Å². The summed E-state index contributed by atoms with van der Waals surface area (Å²) < 4.78 is 10.8. The fourth-order valence-electron chi connectivity index (χ4n) is 4.00. The topological polar surface area (TPSA) is 67.9 Å². The van der Waals surface area contributed by atoms with E-state index in [1.165, 1.54) is 4.90 Å². The number of hydrogen-bond donors (Lipinski definition) is 1. The third-order valence-corrected chi connectivity index (χ3v) is 5.88. The number of rotatable bonds is 5. The van der Waals surface area contributed by atoms with Crippen molar-refractivity contribution >= 4 is 28.8 Å². The van der Waals surface area contributed by atoms with Crippen LogP contribution in [0, 0.1) is 6.92 Å². The molecule has 5 rings (SSSR count). The smallest absolute Gasteiger partial charge is 0.282 e. The van der Waals surface area contributed by atoms with Gasteiger partial charge in [0.15, 0.2) is 11.5 Å². The Hall–Kier alpha value is -4.06. The van der Waals surface area contributed by atoms with Gasteiger partial charge in [-0.3, -0.25) is 9.59 Å². The van der Waals surface area contributed by atoms with Crippen molar-refractivity contribution in [2.45, 2.75) is 26.7 Å². The molecule has 0 bridgehead atoms. The predicted octanol–water partition coefficient (Wildman–Crippen LogP) is 5.24. The number of ether oxygens (including phenoxy) is 2. The van der Waals surface area contributed by atoms with E-state index >= 15 is 0 Å². The number of fused-ring (bicyclic) bond motifs is 1. The van der Waals surface area contributed by atoms with Crippen molar-refractivity contribution in [3.8, 4) is 11.5 Å². The van der Waals surface area contributed by atoms with Crippen molar-refractivity contribution < 1.29 is 19.1 Å². The molecule has 2 aliphatic heterocycles. The summed E-state index contributed by atoms with van der Waals surface area (Å²) in [6, 6.07) is 20.5. The largest absolute Gasteiger partial charge is 0.454 e. The van der Waals surface area contributed by atoms with Crippen LogP contribution in [0.25, 0.3) is 5.57 Å². The highest BCUT2D eigenvalue weighted by Crippen LogP contribution is 2.37. The molecule has 2 heterocycles. The molecule has 2 amide bonds. The third kappa shape index (κ3) is 3.74. The van der Waals surface area contributed by atoms with Crippen molar-refractivity contribution in [1.82, 2.24) is 0 Å². The molecule has 6 nitrogen and oxygen atoms in total. The van der Waals surface area contributed by atoms with Gasteiger partial charge in [-0.05, 0) is 48.2 Å². The SMILES string of the molecule is Cc1ccc(C2=C(Nc3ccc4c(c3)OCO4)C(=O)N(c3ccc(C(C)C)cc3)C2=O)cc1. The molecule has 2 aliphatic rings. The Kier molecular flexibility index (Phi) is 5.13. The van der Waals surface area contributed by atoms with E-state index in [0.29, 0.717) is 39.9 Å². The average molecular weight is 440 g/mol. The van der Waals surface area contributed by atoms with E-state index in [4.69, 9.17) is 9.47 Å². The number of aryl methyl sites for hydroxylation is 1. The van der Waals surface area contributed by atoms with Crippen molar-refractivity contribution in [3.05, 3.63) is 89.1 Å². The first-order valence-electron chi connectivity index (χ1n) is 10.9. The molecule has 0 atom stereocenters. The molecule has 0 radical (unpaired) electrons. The van der Waals surface area contributed by atoms with Gasteiger partial charge in [0.25, 0.3) is 11.8 Å². The number of nitrogens with zero attached hydrogens (tertiary/aromatic N) is 1. The Bertz CT molecular complexity index is 1270. The fraction of sp³-hybridized carbons (Fsp3) is 0.185. The maximum absolute atomic E-state index is 13.6. The monoisotopic (exact) mass is 440 g/mol. The van der Waals surface area contributed by atoms with Crippen LogP contribution in [-0.2, 0) is 9.59 Å². The lowest BCUT2D eigenvalue weighted by Crippen LogP contribution is -2.32. The number of anilines is 2. The summed E-state index contributed by atoms with van der Waals surface area (Å²) in [6.07, 6.45) is 0. The fourth-order valence-corrected chi connectivity index (χ4v) is 4.00. The molecule has 6 heteroatoms. The molecule has 0 saturated carbocycles. The molecule has 0 aliphatic carbocycles. The zero-order valence-corrected chi connectivity index (χ0v) is 18.7. The summed E-state index contributed by atoms with van der Waals surface area (Å²) in [5.74, 6) is 0.841. The van der Waals surface area contributed by atoms with E-state index < -0.39 is 5.91 Å². The van der Waals surface area contributed by atoms with E-state index in [9.17, 15) is 9.59 Å². The molecule has 0 saturated heterocycles. The minimum atomic E-state index is -0.398. The van der Waals surface area contributed by atoms with Crippen LogP contribution >= 0.6 is 0 Å². The summed E-state index contributed by atoms with van der Waals surface area (Å²) in [4.78, 5) is 28.4. The van der Waals surface area contributed by atoms with E-state index in [1.807, 2.05) is 55.5 Å². The number of hydrogen-bond acceptors (Lipinski definition) is 5. The van der Waals surface area contributed by atoms with Crippen LogP contribution in [-0.4, -0.2) is 18.6 Å². The third-order valence-electron chi connectivity index (χ3n) is 5.88. The molecule has 1 N–H and O–H groups in total. The standard InChI is InChI=1S/C27H24N2O4/c1-16(2)18-8-11-21(12-9-18)29-26(30)24(19-6-4-17(3)5-7-19)25(27(29)31)28-20-10-13-22-23(14-20)33-15-32-22/h4-14,16,28H,15H2,1-3H3. The first kappa shape index (κ1) is 20.8. The van der Waals surface area contributed by atoms with Crippen LogP contribution in [0.15, 0.2) is 72.4 Å². The maximum Gasteiger partial charge on any atom is 0.282 e. The Labute approximate surface area is 192 Å². The van der Waals surface area contributed by atoms with Gasteiger partial charge in [-0.1, -0.05) is 55.8 Å². The molecule has 166 valence electrons. The number of imide groups is 1. The van der Waals surface area contributed by atoms with Crippen LogP contribution in [0.2, 0.25) is 0 Å². The van der Waals surface area contributed by atoms with Gasteiger partial charge in [-0.15, -0.1) is 0 Å². The second kappa shape index (κ2) is 8.13. The molecule has 3 aromatic rings. The number of benzene rings is 3. The second-order valence-electron chi connectivity index (χ2n) is 8.50. The highest BCUT2D eigenvalue weighted by atomic mass is 16.7. The summed E-state index contributed by atoms with van der Waals surface area (Å²) in [6.45, 7) is 6.35. The van der Waals surface area contributed by atoms with Crippen LogP contribution in [0.4, 0.5) is 11.4 Å².